The van der Waals surface area contributed by atoms with Crippen LogP contribution in [-0.4, -0.2) is 12.7 Å². The number of benzene rings is 1. The highest BCUT2D eigenvalue weighted by molar-refractivity contribution is 5.27. The first-order valence-electron chi connectivity index (χ1n) is 6.74. The van der Waals surface area contributed by atoms with E-state index in [9.17, 15) is 8.78 Å². The number of ether oxygens (including phenoxy) is 1. The summed E-state index contributed by atoms with van der Waals surface area (Å²) in [6, 6.07) is 7.36. The fourth-order valence-electron chi connectivity index (χ4n) is 2.73. The van der Waals surface area contributed by atoms with Crippen molar-refractivity contribution >= 4 is 0 Å². The van der Waals surface area contributed by atoms with E-state index in [-0.39, 0.29) is 5.75 Å². The molecule has 106 valence electrons. The van der Waals surface area contributed by atoms with Crippen molar-refractivity contribution in [2.24, 2.45) is 5.41 Å². The molecule has 1 atom stereocenters. The number of hydrogen-bond donors (Lipinski definition) is 1. The van der Waals surface area contributed by atoms with Crippen LogP contribution < -0.4 is 10.1 Å². The van der Waals surface area contributed by atoms with Gasteiger partial charge in [0.1, 0.15) is 5.75 Å². The Morgan fingerprint density at radius 1 is 1.32 bits per heavy atom. The highest BCUT2D eigenvalue weighted by atomic mass is 19.3. The Morgan fingerprint density at radius 2 is 2.00 bits per heavy atom. The van der Waals surface area contributed by atoms with Gasteiger partial charge >= 0.3 is 6.61 Å². The second kappa shape index (κ2) is 5.87. The van der Waals surface area contributed by atoms with Crippen LogP contribution in [0.5, 0.6) is 5.75 Å². The van der Waals surface area contributed by atoms with Crippen LogP contribution in [0, 0.1) is 5.41 Å². The topological polar surface area (TPSA) is 21.3 Å². The van der Waals surface area contributed by atoms with Crippen LogP contribution in [0.4, 0.5) is 8.78 Å². The largest absolute Gasteiger partial charge is 0.435 e. The molecule has 2 nitrogen and oxygen atoms in total. The summed E-state index contributed by atoms with van der Waals surface area (Å²) in [5, 5.41) is 3.56. The van der Waals surface area contributed by atoms with E-state index in [1.54, 1.807) is 12.1 Å². The molecule has 0 radical (unpaired) electrons. The summed E-state index contributed by atoms with van der Waals surface area (Å²) in [7, 11) is 0. The lowest BCUT2D eigenvalue weighted by Crippen LogP contribution is -2.37. The highest BCUT2D eigenvalue weighted by Gasteiger charge is 2.33. The van der Waals surface area contributed by atoms with Crippen molar-refractivity contribution in [3.63, 3.8) is 0 Å². The third kappa shape index (κ3) is 3.90. The van der Waals surface area contributed by atoms with Crippen molar-refractivity contribution in [1.29, 1.82) is 0 Å². The minimum atomic E-state index is -2.76. The van der Waals surface area contributed by atoms with Crippen molar-refractivity contribution in [3.8, 4) is 5.75 Å². The minimum Gasteiger partial charge on any atom is -0.435 e. The lowest BCUT2D eigenvalue weighted by molar-refractivity contribution is -0.0498. The summed E-state index contributed by atoms with van der Waals surface area (Å²) in [6.45, 7) is 2.58. The summed E-state index contributed by atoms with van der Waals surface area (Å²) in [5.41, 5.74) is 1.43. The van der Waals surface area contributed by atoms with E-state index >= 15 is 0 Å². The Kier molecular flexibility index (Phi) is 4.40. The van der Waals surface area contributed by atoms with Gasteiger partial charge in [-0.05, 0) is 36.0 Å². The molecule has 1 aliphatic rings. The smallest absolute Gasteiger partial charge is 0.387 e. The predicted octanol–water partition coefficient (Wildman–Crippen LogP) is 3.96. The third-order valence-corrected chi connectivity index (χ3v) is 3.96. The Hall–Kier alpha value is -1.16. The van der Waals surface area contributed by atoms with E-state index in [1.807, 2.05) is 12.1 Å². The average molecular weight is 269 g/mol. The standard InChI is InChI=1S/C15H21F2NO/c1-15(2)9-3-4-13(15)18-10-11-5-7-12(8-6-11)19-14(16)17/h5-8,13-14,18H,3-4,9-10H2,1-2H3. The quantitative estimate of drug-likeness (QED) is 0.873. The van der Waals surface area contributed by atoms with Gasteiger partial charge in [0.05, 0.1) is 0 Å². The summed E-state index contributed by atoms with van der Waals surface area (Å²) >= 11 is 0. The Bertz CT molecular complexity index is 403. The number of nitrogens with one attached hydrogen (secondary N) is 1. The Morgan fingerprint density at radius 3 is 2.53 bits per heavy atom. The van der Waals surface area contributed by atoms with Crippen LogP contribution in [0.2, 0.25) is 0 Å². The van der Waals surface area contributed by atoms with Gasteiger partial charge in [0.25, 0.3) is 0 Å². The fraction of sp³-hybridized carbons (Fsp3) is 0.600. The number of hydrogen-bond acceptors (Lipinski definition) is 2. The molecule has 1 N–H and O–H groups in total. The first-order chi connectivity index (χ1) is 8.97. The van der Waals surface area contributed by atoms with Crippen LogP contribution in [0.1, 0.15) is 38.7 Å². The maximum Gasteiger partial charge on any atom is 0.387 e. The molecular formula is C15H21F2NO. The highest BCUT2D eigenvalue weighted by Crippen LogP contribution is 2.37. The minimum absolute atomic E-state index is 0.208. The van der Waals surface area contributed by atoms with Crippen LogP contribution in [0.15, 0.2) is 24.3 Å². The predicted molar refractivity (Wildman–Crippen MR) is 71.3 cm³/mol. The van der Waals surface area contributed by atoms with Gasteiger partial charge < -0.3 is 10.1 Å². The molecule has 1 unspecified atom stereocenters. The molecule has 0 heterocycles. The van der Waals surface area contributed by atoms with Gasteiger partial charge in [-0.3, -0.25) is 0 Å². The fourth-order valence-corrected chi connectivity index (χ4v) is 2.73. The molecule has 1 aromatic rings. The molecule has 1 aliphatic carbocycles. The zero-order valence-corrected chi connectivity index (χ0v) is 11.5. The van der Waals surface area contributed by atoms with E-state index in [2.05, 4.69) is 23.9 Å². The summed E-state index contributed by atoms with van der Waals surface area (Å²) in [4.78, 5) is 0. The van der Waals surface area contributed by atoms with E-state index in [1.165, 1.54) is 19.3 Å². The molecule has 2 rings (SSSR count). The van der Waals surface area contributed by atoms with Crippen molar-refractivity contribution in [1.82, 2.24) is 5.32 Å². The second-order valence-corrected chi connectivity index (χ2v) is 5.84. The summed E-state index contributed by atoms with van der Waals surface area (Å²) < 4.78 is 28.4. The van der Waals surface area contributed by atoms with Gasteiger partial charge in [0.15, 0.2) is 0 Å². The van der Waals surface area contributed by atoms with E-state index < -0.39 is 6.61 Å². The monoisotopic (exact) mass is 269 g/mol. The zero-order valence-electron chi connectivity index (χ0n) is 11.5. The van der Waals surface area contributed by atoms with Gasteiger partial charge in [-0.1, -0.05) is 32.4 Å². The van der Waals surface area contributed by atoms with Crippen LogP contribution in [-0.2, 0) is 6.54 Å². The van der Waals surface area contributed by atoms with Crippen molar-refractivity contribution < 1.29 is 13.5 Å². The molecule has 1 saturated carbocycles. The Balaban J connectivity index is 1.86. The molecule has 1 aromatic carbocycles. The lowest BCUT2D eigenvalue weighted by atomic mass is 9.87. The lowest BCUT2D eigenvalue weighted by Gasteiger charge is -2.28. The van der Waals surface area contributed by atoms with Gasteiger partial charge in [0.2, 0.25) is 0 Å². The van der Waals surface area contributed by atoms with Gasteiger partial charge in [-0.15, -0.1) is 0 Å². The second-order valence-electron chi connectivity index (χ2n) is 5.84. The third-order valence-electron chi connectivity index (χ3n) is 3.96. The van der Waals surface area contributed by atoms with Crippen LogP contribution in [0.25, 0.3) is 0 Å². The molecule has 0 aromatic heterocycles. The molecule has 1 fully saturated rings. The van der Waals surface area contributed by atoms with Gasteiger partial charge in [-0.25, -0.2) is 0 Å². The van der Waals surface area contributed by atoms with Gasteiger partial charge in [-0.2, -0.15) is 8.78 Å². The molecule has 0 aliphatic heterocycles. The number of alkyl halides is 2. The molecule has 0 spiro atoms. The van der Waals surface area contributed by atoms with E-state index in [4.69, 9.17) is 0 Å². The molecular weight excluding hydrogens is 248 g/mol. The number of rotatable bonds is 5. The van der Waals surface area contributed by atoms with Crippen molar-refractivity contribution in [3.05, 3.63) is 29.8 Å². The van der Waals surface area contributed by atoms with Crippen LogP contribution >= 0.6 is 0 Å². The van der Waals surface area contributed by atoms with E-state index in [0.717, 1.165) is 12.1 Å². The Labute approximate surface area is 113 Å². The molecule has 0 saturated heterocycles. The molecule has 4 heteroatoms. The molecule has 0 amide bonds. The SMILES string of the molecule is CC1(C)CCCC1NCc1ccc(OC(F)F)cc1. The van der Waals surface area contributed by atoms with Gasteiger partial charge in [0, 0.05) is 12.6 Å². The maximum atomic E-state index is 12.0. The van der Waals surface area contributed by atoms with Crippen LogP contribution in [0.3, 0.4) is 0 Å². The first-order valence-corrected chi connectivity index (χ1v) is 6.74. The summed E-state index contributed by atoms with van der Waals surface area (Å²) in [6.07, 6.45) is 3.73. The van der Waals surface area contributed by atoms with E-state index in [0.29, 0.717) is 11.5 Å². The molecule has 0 bridgehead atoms. The first kappa shape index (κ1) is 14.3. The average Bonchev–Trinajstić information content (AvgIpc) is 2.67. The summed E-state index contributed by atoms with van der Waals surface area (Å²) in [5.74, 6) is 0.208. The molecule has 19 heavy (non-hydrogen) atoms. The van der Waals surface area contributed by atoms with Crippen molar-refractivity contribution in [2.45, 2.75) is 52.3 Å². The maximum absolute atomic E-state index is 12.0. The number of halogens is 2. The normalized spacial score (nSPS) is 21.8. The zero-order chi connectivity index (χ0) is 13.9. The van der Waals surface area contributed by atoms with Crippen molar-refractivity contribution in [2.75, 3.05) is 0 Å².